The van der Waals surface area contributed by atoms with Crippen LogP contribution in [-0.2, 0) is 10.3 Å². The zero-order valence-corrected chi connectivity index (χ0v) is 12.2. The van der Waals surface area contributed by atoms with E-state index >= 15 is 0 Å². The second kappa shape index (κ2) is 5.94. The minimum Gasteiger partial charge on any atom is -0.290 e. The van der Waals surface area contributed by atoms with Gasteiger partial charge in [-0.05, 0) is 48.9 Å². The van der Waals surface area contributed by atoms with Crippen LogP contribution < -0.4 is 4.90 Å². The highest BCUT2D eigenvalue weighted by Gasteiger charge is 2.37. The number of nitriles is 1. The number of carbonyl (C=O) groups is 1. The highest BCUT2D eigenvalue weighted by Crippen LogP contribution is 2.33. The van der Waals surface area contributed by atoms with E-state index in [0.717, 1.165) is 0 Å². The predicted molar refractivity (Wildman–Crippen MR) is 78.9 cm³/mol. The van der Waals surface area contributed by atoms with Crippen LogP contribution in [0.25, 0.3) is 0 Å². The van der Waals surface area contributed by atoms with Gasteiger partial charge in [-0.2, -0.15) is 5.26 Å². The first kappa shape index (κ1) is 15.6. The lowest BCUT2D eigenvalue weighted by atomic mass is 9.90. The van der Waals surface area contributed by atoms with Crippen molar-refractivity contribution in [3.63, 3.8) is 0 Å². The minimum absolute atomic E-state index is 0.375. The van der Waals surface area contributed by atoms with Gasteiger partial charge in [0, 0.05) is 12.6 Å². The molecule has 0 heterocycles. The molecule has 5 heteroatoms. The zero-order chi connectivity index (χ0) is 16.3. The van der Waals surface area contributed by atoms with E-state index in [0.29, 0.717) is 11.3 Å². The molecule has 0 aromatic heterocycles. The molecule has 0 spiro atoms. The second-order valence-corrected chi connectivity index (χ2v) is 5.02. The van der Waals surface area contributed by atoms with Crippen LogP contribution in [0, 0.1) is 23.0 Å². The zero-order valence-electron chi connectivity index (χ0n) is 12.2. The number of rotatable bonds is 3. The number of halogens is 2. The Morgan fingerprint density at radius 2 is 1.50 bits per heavy atom. The van der Waals surface area contributed by atoms with E-state index in [1.54, 1.807) is 6.92 Å². The summed E-state index contributed by atoms with van der Waals surface area (Å²) in [5.74, 6) is -1.24. The second-order valence-electron chi connectivity index (χ2n) is 5.02. The Labute approximate surface area is 127 Å². The quantitative estimate of drug-likeness (QED) is 0.866. The highest BCUT2D eigenvalue weighted by atomic mass is 19.1. The Kier molecular flexibility index (Phi) is 4.22. The first-order chi connectivity index (χ1) is 10.4. The smallest absolute Gasteiger partial charge is 0.225 e. The van der Waals surface area contributed by atoms with Gasteiger partial charge in [-0.3, -0.25) is 9.69 Å². The molecule has 0 aliphatic carbocycles. The van der Waals surface area contributed by atoms with E-state index in [9.17, 15) is 18.8 Å². The standard InChI is InChI=1S/C17H14F2N2O/c1-12(22)21(16-9-7-15(19)8-10-16)17(2,11-20)13-3-5-14(18)6-4-13/h3-10H,1-2H3. The molecular weight excluding hydrogens is 286 g/mol. The summed E-state index contributed by atoms with van der Waals surface area (Å²) in [6.45, 7) is 2.88. The summed E-state index contributed by atoms with van der Waals surface area (Å²) < 4.78 is 26.2. The molecule has 0 saturated heterocycles. The van der Waals surface area contributed by atoms with E-state index in [4.69, 9.17) is 0 Å². The fourth-order valence-corrected chi connectivity index (χ4v) is 2.36. The number of hydrogen-bond acceptors (Lipinski definition) is 2. The van der Waals surface area contributed by atoms with Crippen molar-refractivity contribution in [2.75, 3.05) is 4.90 Å². The largest absolute Gasteiger partial charge is 0.290 e. The van der Waals surface area contributed by atoms with E-state index in [1.165, 1.54) is 60.4 Å². The van der Waals surface area contributed by atoms with Crippen LogP contribution in [0.2, 0.25) is 0 Å². The summed E-state index contributed by atoms with van der Waals surface area (Å²) in [6.07, 6.45) is 0. The van der Waals surface area contributed by atoms with Crippen molar-refractivity contribution in [1.82, 2.24) is 0 Å². The Hall–Kier alpha value is -2.74. The number of hydrogen-bond donors (Lipinski definition) is 0. The summed E-state index contributed by atoms with van der Waals surface area (Å²) in [6, 6.07) is 12.8. The Morgan fingerprint density at radius 1 is 1.05 bits per heavy atom. The number of benzene rings is 2. The Morgan fingerprint density at radius 3 is 1.91 bits per heavy atom. The van der Waals surface area contributed by atoms with Crippen molar-refractivity contribution >= 4 is 11.6 Å². The molecule has 0 fully saturated rings. The first-order valence-corrected chi connectivity index (χ1v) is 6.62. The monoisotopic (exact) mass is 300 g/mol. The van der Waals surface area contributed by atoms with Crippen LogP contribution in [0.4, 0.5) is 14.5 Å². The summed E-state index contributed by atoms with van der Waals surface area (Å²) in [5.41, 5.74) is -0.477. The van der Waals surface area contributed by atoms with Crippen LogP contribution in [-0.4, -0.2) is 5.91 Å². The van der Waals surface area contributed by atoms with Crippen molar-refractivity contribution in [2.45, 2.75) is 19.4 Å². The molecule has 2 aromatic carbocycles. The molecule has 112 valence electrons. The Bertz CT molecular complexity index is 720. The third kappa shape index (κ3) is 2.82. The molecule has 0 aliphatic rings. The maximum Gasteiger partial charge on any atom is 0.225 e. The van der Waals surface area contributed by atoms with Crippen LogP contribution in [0.1, 0.15) is 19.4 Å². The van der Waals surface area contributed by atoms with Gasteiger partial charge < -0.3 is 0 Å². The molecule has 1 amide bonds. The Balaban J connectivity index is 2.57. The molecule has 0 saturated carbocycles. The third-order valence-electron chi connectivity index (χ3n) is 3.47. The predicted octanol–water partition coefficient (Wildman–Crippen LogP) is 3.76. The average molecular weight is 300 g/mol. The average Bonchev–Trinajstić information content (AvgIpc) is 2.49. The van der Waals surface area contributed by atoms with Crippen LogP contribution in [0.15, 0.2) is 48.5 Å². The van der Waals surface area contributed by atoms with Gasteiger partial charge in [0.2, 0.25) is 5.91 Å². The minimum atomic E-state index is -1.34. The molecular formula is C17H14F2N2O. The number of amides is 1. The summed E-state index contributed by atoms with van der Waals surface area (Å²) >= 11 is 0. The molecule has 1 unspecified atom stereocenters. The molecule has 0 aliphatic heterocycles. The van der Waals surface area contributed by atoms with Gasteiger partial charge in [-0.1, -0.05) is 12.1 Å². The first-order valence-electron chi connectivity index (χ1n) is 6.62. The lowest BCUT2D eigenvalue weighted by molar-refractivity contribution is -0.117. The van der Waals surface area contributed by atoms with Crippen LogP contribution >= 0.6 is 0 Å². The molecule has 0 radical (unpaired) electrons. The summed E-state index contributed by atoms with van der Waals surface area (Å²) in [5, 5.41) is 9.63. The highest BCUT2D eigenvalue weighted by molar-refractivity contribution is 5.94. The van der Waals surface area contributed by atoms with Gasteiger partial charge in [0.25, 0.3) is 0 Å². The van der Waals surface area contributed by atoms with Gasteiger partial charge in [0.1, 0.15) is 11.6 Å². The van der Waals surface area contributed by atoms with Gasteiger partial charge in [0.15, 0.2) is 5.54 Å². The number of nitrogens with zero attached hydrogens (tertiary/aromatic N) is 2. The molecule has 0 N–H and O–H groups in total. The maximum atomic E-state index is 13.1. The van der Waals surface area contributed by atoms with E-state index in [2.05, 4.69) is 6.07 Å². The third-order valence-corrected chi connectivity index (χ3v) is 3.47. The van der Waals surface area contributed by atoms with Crippen molar-refractivity contribution in [3.8, 4) is 6.07 Å². The fraction of sp³-hybridized carbons (Fsp3) is 0.176. The topological polar surface area (TPSA) is 44.1 Å². The molecule has 0 bridgehead atoms. The lowest BCUT2D eigenvalue weighted by Gasteiger charge is -2.35. The normalized spacial score (nSPS) is 13.0. The van der Waals surface area contributed by atoms with Crippen molar-refractivity contribution in [3.05, 3.63) is 65.7 Å². The SMILES string of the molecule is CC(=O)N(c1ccc(F)cc1)C(C)(C#N)c1ccc(F)cc1. The van der Waals surface area contributed by atoms with Crippen LogP contribution in [0.3, 0.4) is 0 Å². The van der Waals surface area contributed by atoms with E-state index in [1.807, 2.05) is 0 Å². The fourth-order valence-electron chi connectivity index (χ4n) is 2.36. The molecule has 22 heavy (non-hydrogen) atoms. The number of anilines is 1. The molecule has 1 atom stereocenters. The molecule has 2 rings (SSSR count). The van der Waals surface area contributed by atoms with Gasteiger partial charge in [-0.25, -0.2) is 8.78 Å². The van der Waals surface area contributed by atoms with Gasteiger partial charge >= 0.3 is 0 Å². The van der Waals surface area contributed by atoms with E-state index < -0.39 is 17.2 Å². The van der Waals surface area contributed by atoms with Crippen molar-refractivity contribution < 1.29 is 13.6 Å². The lowest BCUT2D eigenvalue weighted by Crippen LogP contribution is -2.46. The molecule has 2 aromatic rings. The van der Waals surface area contributed by atoms with E-state index in [-0.39, 0.29) is 5.91 Å². The van der Waals surface area contributed by atoms with Crippen molar-refractivity contribution in [1.29, 1.82) is 5.26 Å². The van der Waals surface area contributed by atoms with Crippen molar-refractivity contribution in [2.24, 2.45) is 0 Å². The van der Waals surface area contributed by atoms with Gasteiger partial charge in [0.05, 0.1) is 6.07 Å². The number of carbonyl (C=O) groups excluding carboxylic acids is 1. The molecule has 3 nitrogen and oxygen atoms in total. The maximum absolute atomic E-state index is 13.1. The summed E-state index contributed by atoms with van der Waals surface area (Å²) in [4.78, 5) is 13.3. The summed E-state index contributed by atoms with van der Waals surface area (Å²) in [7, 11) is 0. The van der Waals surface area contributed by atoms with Gasteiger partial charge in [-0.15, -0.1) is 0 Å². The van der Waals surface area contributed by atoms with Crippen LogP contribution in [0.5, 0.6) is 0 Å².